The molecule has 0 amide bonds. The van der Waals surface area contributed by atoms with E-state index in [1.165, 1.54) is 0 Å². The zero-order chi connectivity index (χ0) is 12.4. The molecule has 0 spiro atoms. The van der Waals surface area contributed by atoms with Gasteiger partial charge in [-0.25, -0.2) is 0 Å². The first-order chi connectivity index (χ1) is 7.45. The normalized spacial score (nSPS) is 14.1. The summed E-state index contributed by atoms with van der Waals surface area (Å²) >= 11 is 0. The molecule has 1 unspecified atom stereocenters. The Balaban J connectivity index is 3.16. The molecule has 0 aromatic carbocycles. The summed E-state index contributed by atoms with van der Waals surface area (Å²) in [5.41, 5.74) is 5.42. The first-order valence-electron chi connectivity index (χ1n) is 5.93. The van der Waals surface area contributed by atoms with Gasteiger partial charge in [-0.15, -0.1) is 0 Å². The van der Waals surface area contributed by atoms with Gasteiger partial charge in [-0.3, -0.25) is 0 Å². The minimum Gasteiger partial charge on any atom is -0.330 e. The van der Waals surface area contributed by atoms with E-state index >= 15 is 0 Å². The van der Waals surface area contributed by atoms with Crippen LogP contribution < -0.4 is 11.1 Å². The summed E-state index contributed by atoms with van der Waals surface area (Å²) in [6, 6.07) is 0. The summed E-state index contributed by atoms with van der Waals surface area (Å²) in [7, 11) is 0. The van der Waals surface area contributed by atoms with E-state index in [0.717, 1.165) is 25.8 Å². The molecule has 3 N–H and O–H groups in total. The van der Waals surface area contributed by atoms with Crippen LogP contribution in [0.25, 0.3) is 0 Å². The Morgan fingerprint density at radius 2 is 1.75 bits per heavy atom. The molecule has 98 valence electrons. The van der Waals surface area contributed by atoms with Gasteiger partial charge in [0.2, 0.25) is 0 Å². The Bertz CT molecular complexity index is 160. The van der Waals surface area contributed by atoms with Crippen LogP contribution in [-0.2, 0) is 0 Å². The Morgan fingerprint density at radius 3 is 2.31 bits per heavy atom. The standard InChI is InChI=1S/C11H23F3N2/c1-10(5-7-15)4-2-8-16-9-3-6-11(12,13)14/h10,16H,2-9,15H2,1H3. The Labute approximate surface area is 95.8 Å². The molecule has 0 saturated heterocycles. The van der Waals surface area contributed by atoms with E-state index in [1.807, 2.05) is 0 Å². The molecule has 0 aliphatic heterocycles. The van der Waals surface area contributed by atoms with E-state index < -0.39 is 12.6 Å². The summed E-state index contributed by atoms with van der Waals surface area (Å²) in [6.07, 6.45) is -1.42. The molecular formula is C11H23F3N2. The average Bonchev–Trinajstić information content (AvgIpc) is 2.15. The van der Waals surface area contributed by atoms with E-state index in [0.29, 0.717) is 19.0 Å². The van der Waals surface area contributed by atoms with Crippen LogP contribution in [0.1, 0.15) is 39.0 Å². The van der Waals surface area contributed by atoms with Crippen molar-refractivity contribution in [2.24, 2.45) is 11.7 Å². The highest BCUT2D eigenvalue weighted by atomic mass is 19.4. The van der Waals surface area contributed by atoms with Crippen LogP contribution in [-0.4, -0.2) is 25.8 Å². The van der Waals surface area contributed by atoms with E-state index in [-0.39, 0.29) is 6.42 Å². The van der Waals surface area contributed by atoms with Crippen molar-refractivity contribution in [2.75, 3.05) is 19.6 Å². The van der Waals surface area contributed by atoms with Crippen LogP contribution in [0.2, 0.25) is 0 Å². The summed E-state index contributed by atoms with van der Waals surface area (Å²) in [4.78, 5) is 0. The van der Waals surface area contributed by atoms with E-state index in [9.17, 15) is 13.2 Å². The molecule has 0 aromatic rings. The molecule has 0 radical (unpaired) electrons. The lowest BCUT2D eigenvalue weighted by Gasteiger charge is -2.10. The van der Waals surface area contributed by atoms with Gasteiger partial charge < -0.3 is 11.1 Å². The Morgan fingerprint density at radius 1 is 1.12 bits per heavy atom. The summed E-state index contributed by atoms with van der Waals surface area (Å²) in [6.45, 7) is 4.11. The third-order valence-electron chi connectivity index (χ3n) is 2.52. The van der Waals surface area contributed by atoms with Gasteiger partial charge in [-0.2, -0.15) is 13.2 Å². The molecule has 5 heteroatoms. The van der Waals surface area contributed by atoms with Gasteiger partial charge in [-0.05, 0) is 51.2 Å². The number of hydrogen-bond acceptors (Lipinski definition) is 2. The molecule has 0 aliphatic carbocycles. The molecule has 0 fully saturated rings. The fourth-order valence-electron chi connectivity index (χ4n) is 1.54. The van der Waals surface area contributed by atoms with Gasteiger partial charge in [0.15, 0.2) is 0 Å². The minimum absolute atomic E-state index is 0.169. The number of hydrogen-bond donors (Lipinski definition) is 2. The minimum atomic E-state index is -4.02. The molecule has 0 saturated carbocycles. The summed E-state index contributed by atoms with van der Waals surface area (Å²) in [5.74, 6) is 0.613. The number of rotatable bonds is 9. The van der Waals surface area contributed by atoms with Crippen LogP contribution >= 0.6 is 0 Å². The second kappa shape index (κ2) is 8.82. The van der Waals surface area contributed by atoms with Crippen molar-refractivity contribution in [3.63, 3.8) is 0 Å². The predicted molar refractivity (Wildman–Crippen MR) is 60.2 cm³/mol. The van der Waals surface area contributed by atoms with E-state index in [4.69, 9.17) is 5.73 Å². The van der Waals surface area contributed by atoms with Crippen LogP contribution in [0, 0.1) is 5.92 Å². The van der Waals surface area contributed by atoms with Crippen molar-refractivity contribution in [3.8, 4) is 0 Å². The molecule has 0 bridgehead atoms. The van der Waals surface area contributed by atoms with Crippen LogP contribution in [0.15, 0.2) is 0 Å². The first-order valence-corrected chi connectivity index (χ1v) is 5.93. The maximum absolute atomic E-state index is 11.8. The van der Waals surface area contributed by atoms with E-state index in [1.54, 1.807) is 0 Å². The van der Waals surface area contributed by atoms with Crippen molar-refractivity contribution in [1.82, 2.24) is 5.32 Å². The van der Waals surface area contributed by atoms with Gasteiger partial charge in [0.1, 0.15) is 0 Å². The third kappa shape index (κ3) is 11.8. The predicted octanol–water partition coefficient (Wildman–Crippen LogP) is 2.68. The van der Waals surface area contributed by atoms with Gasteiger partial charge in [0, 0.05) is 6.42 Å². The van der Waals surface area contributed by atoms with Crippen molar-refractivity contribution < 1.29 is 13.2 Å². The lowest BCUT2D eigenvalue weighted by atomic mass is 10.0. The molecule has 0 aliphatic rings. The number of nitrogens with two attached hydrogens (primary N) is 1. The van der Waals surface area contributed by atoms with Gasteiger partial charge in [0.05, 0.1) is 0 Å². The second-order valence-electron chi connectivity index (χ2n) is 4.29. The molecule has 2 nitrogen and oxygen atoms in total. The molecule has 0 aromatic heterocycles. The Kier molecular flexibility index (Phi) is 8.66. The molecule has 0 heterocycles. The highest BCUT2D eigenvalue weighted by Crippen LogP contribution is 2.20. The van der Waals surface area contributed by atoms with Crippen molar-refractivity contribution in [1.29, 1.82) is 0 Å². The monoisotopic (exact) mass is 240 g/mol. The highest BCUT2D eigenvalue weighted by Gasteiger charge is 2.25. The lowest BCUT2D eigenvalue weighted by Crippen LogP contribution is -2.19. The fraction of sp³-hybridized carbons (Fsp3) is 1.00. The smallest absolute Gasteiger partial charge is 0.330 e. The average molecular weight is 240 g/mol. The van der Waals surface area contributed by atoms with Gasteiger partial charge in [0.25, 0.3) is 0 Å². The summed E-state index contributed by atoms with van der Waals surface area (Å²) < 4.78 is 35.3. The molecule has 16 heavy (non-hydrogen) atoms. The SMILES string of the molecule is CC(CCN)CCCNCCCC(F)(F)F. The fourth-order valence-corrected chi connectivity index (χ4v) is 1.54. The maximum atomic E-state index is 11.8. The third-order valence-corrected chi connectivity index (χ3v) is 2.52. The van der Waals surface area contributed by atoms with Gasteiger partial charge >= 0.3 is 6.18 Å². The largest absolute Gasteiger partial charge is 0.389 e. The number of nitrogens with one attached hydrogen (secondary N) is 1. The molecule has 0 rings (SSSR count). The maximum Gasteiger partial charge on any atom is 0.389 e. The zero-order valence-electron chi connectivity index (χ0n) is 9.95. The van der Waals surface area contributed by atoms with Gasteiger partial charge in [-0.1, -0.05) is 6.92 Å². The summed E-state index contributed by atoms with van der Waals surface area (Å²) in [5, 5.41) is 3.02. The quantitative estimate of drug-likeness (QED) is 0.608. The van der Waals surface area contributed by atoms with Crippen molar-refractivity contribution >= 4 is 0 Å². The van der Waals surface area contributed by atoms with Crippen molar-refractivity contribution in [3.05, 3.63) is 0 Å². The first kappa shape index (κ1) is 15.7. The zero-order valence-corrected chi connectivity index (χ0v) is 9.95. The van der Waals surface area contributed by atoms with Crippen molar-refractivity contribution in [2.45, 2.75) is 45.2 Å². The molecular weight excluding hydrogens is 217 g/mol. The van der Waals surface area contributed by atoms with Crippen LogP contribution in [0.4, 0.5) is 13.2 Å². The van der Waals surface area contributed by atoms with E-state index in [2.05, 4.69) is 12.2 Å². The number of alkyl halides is 3. The van der Waals surface area contributed by atoms with Crippen LogP contribution in [0.3, 0.4) is 0 Å². The molecule has 1 atom stereocenters. The second-order valence-corrected chi connectivity index (χ2v) is 4.29. The number of halogens is 3. The Hall–Kier alpha value is -0.290. The lowest BCUT2D eigenvalue weighted by molar-refractivity contribution is -0.135. The topological polar surface area (TPSA) is 38.0 Å². The van der Waals surface area contributed by atoms with Crippen LogP contribution in [0.5, 0.6) is 0 Å². The highest BCUT2D eigenvalue weighted by molar-refractivity contribution is 4.57.